The second-order valence-electron chi connectivity index (χ2n) is 9.93. The molecule has 38 heavy (non-hydrogen) atoms. The van der Waals surface area contributed by atoms with Crippen LogP contribution in [0.3, 0.4) is 0 Å². The van der Waals surface area contributed by atoms with Crippen molar-refractivity contribution in [3.05, 3.63) is 144 Å². The van der Waals surface area contributed by atoms with Crippen molar-refractivity contribution in [2.75, 3.05) is 6.54 Å². The van der Waals surface area contributed by atoms with Gasteiger partial charge in [-0.1, -0.05) is 115 Å². The molecule has 0 saturated carbocycles. The molecule has 1 fully saturated rings. The Morgan fingerprint density at radius 2 is 1.39 bits per heavy atom. The Bertz CT molecular complexity index is 1450. The predicted molar refractivity (Wildman–Crippen MR) is 148 cm³/mol. The van der Waals surface area contributed by atoms with Gasteiger partial charge in [0.25, 0.3) is 0 Å². The minimum absolute atomic E-state index is 0.0312. The second kappa shape index (κ2) is 9.88. The van der Waals surface area contributed by atoms with Crippen LogP contribution in [0.2, 0.25) is 0 Å². The van der Waals surface area contributed by atoms with Gasteiger partial charge in [-0.2, -0.15) is 0 Å². The van der Waals surface area contributed by atoms with Crippen LogP contribution in [0.25, 0.3) is 11.1 Å². The molecule has 0 spiro atoms. The first-order chi connectivity index (χ1) is 18.7. The zero-order valence-corrected chi connectivity index (χ0v) is 21.1. The number of hydrogen-bond donors (Lipinski definition) is 0. The van der Waals surface area contributed by atoms with Crippen molar-refractivity contribution in [3.63, 3.8) is 0 Å². The van der Waals surface area contributed by atoms with Crippen LogP contribution in [0.5, 0.6) is 0 Å². The fraction of sp³-hybridized carbons (Fsp3) is 0.176. The minimum atomic E-state index is -0.823. The average Bonchev–Trinajstić information content (AvgIpc) is 3.45. The van der Waals surface area contributed by atoms with Gasteiger partial charge >= 0.3 is 5.97 Å². The summed E-state index contributed by atoms with van der Waals surface area (Å²) in [5.41, 5.74) is 5.47. The fourth-order valence-corrected chi connectivity index (χ4v) is 6.33. The Hall–Kier alpha value is -4.28. The third-order valence-corrected chi connectivity index (χ3v) is 7.89. The summed E-state index contributed by atoms with van der Waals surface area (Å²) in [6.07, 6.45) is 2.14. The van der Waals surface area contributed by atoms with Crippen LogP contribution in [-0.4, -0.2) is 29.2 Å². The van der Waals surface area contributed by atoms with Gasteiger partial charge in [0.1, 0.15) is 12.6 Å². The molecular weight excluding hydrogens is 470 g/mol. The molecule has 0 radical (unpaired) electrons. The quantitative estimate of drug-likeness (QED) is 0.226. The van der Waals surface area contributed by atoms with Crippen LogP contribution >= 0.6 is 0 Å². The topological polar surface area (TPSA) is 46.6 Å². The van der Waals surface area contributed by atoms with E-state index in [0.717, 1.165) is 33.4 Å². The van der Waals surface area contributed by atoms with Gasteiger partial charge in [-0.15, -0.1) is 6.58 Å². The smallest absolute Gasteiger partial charge is 0.324 e. The highest BCUT2D eigenvalue weighted by Crippen LogP contribution is 2.56. The van der Waals surface area contributed by atoms with Crippen molar-refractivity contribution in [1.29, 1.82) is 0 Å². The highest BCUT2D eigenvalue weighted by Gasteiger charge is 2.58. The number of esters is 1. The molecule has 2 aliphatic rings. The number of Topliss-reactive ketones (excluding diaryl/α,β-unsaturated/α-hetero) is 1. The SMILES string of the molecule is C=CCC1C(=O)CN(C2(c3ccccc3)c3ccccc3-c3ccccc32)[C@@H]1C(=O)OCc1ccccc1. The van der Waals surface area contributed by atoms with Gasteiger partial charge in [-0.25, -0.2) is 0 Å². The lowest BCUT2D eigenvalue weighted by Crippen LogP contribution is -2.53. The number of benzene rings is 4. The standard InChI is InChI=1S/C34H29NO3/c1-2-13-28-31(36)22-35(32(28)33(37)38-23-24-14-5-3-6-15-24)34(25-16-7-4-8-17-25)29-20-11-9-18-26(29)27-19-10-12-21-30(27)34/h2-12,14-21,28,32H,1,13,22-23H2/t28?,32-/m0/s1. The van der Waals surface area contributed by atoms with Crippen LogP contribution in [-0.2, 0) is 26.5 Å². The van der Waals surface area contributed by atoms with Gasteiger partial charge in [-0.05, 0) is 39.8 Å². The summed E-state index contributed by atoms with van der Waals surface area (Å²) in [4.78, 5) is 29.7. The summed E-state index contributed by atoms with van der Waals surface area (Å²) in [5.74, 6) is -0.885. The Morgan fingerprint density at radius 1 is 0.842 bits per heavy atom. The number of allylic oxidation sites excluding steroid dienone is 1. The number of carbonyl (C=O) groups excluding carboxylic acids is 2. The summed E-state index contributed by atoms with van der Waals surface area (Å²) < 4.78 is 5.92. The molecule has 6 rings (SSSR count). The van der Waals surface area contributed by atoms with E-state index in [1.165, 1.54) is 0 Å². The Balaban J connectivity index is 1.54. The maximum absolute atomic E-state index is 14.0. The summed E-state index contributed by atoms with van der Waals surface area (Å²) in [6.45, 7) is 4.19. The van der Waals surface area contributed by atoms with Crippen molar-refractivity contribution >= 4 is 11.8 Å². The molecule has 1 aliphatic heterocycles. The van der Waals surface area contributed by atoms with E-state index in [-0.39, 0.29) is 24.9 Å². The van der Waals surface area contributed by atoms with Crippen molar-refractivity contribution in [3.8, 4) is 11.1 Å². The number of likely N-dealkylation sites (tertiary alicyclic amines) is 1. The van der Waals surface area contributed by atoms with Gasteiger partial charge in [0, 0.05) is 5.92 Å². The lowest BCUT2D eigenvalue weighted by Gasteiger charge is -2.44. The number of fused-ring (bicyclic) bond motifs is 3. The van der Waals surface area contributed by atoms with E-state index in [4.69, 9.17) is 4.74 Å². The van der Waals surface area contributed by atoms with E-state index in [1.807, 2.05) is 72.8 Å². The predicted octanol–water partition coefficient (Wildman–Crippen LogP) is 6.15. The zero-order chi connectivity index (χ0) is 26.1. The summed E-state index contributed by atoms with van der Waals surface area (Å²) >= 11 is 0. The van der Waals surface area contributed by atoms with Crippen LogP contribution in [0.4, 0.5) is 0 Å². The van der Waals surface area contributed by atoms with E-state index in [0.29, 0.717) is 6.42 Å². The number of rotatable bonds is 7. The lowest BCUT2D eigenvalue weighted by atomic mass is 9.78. The highest BCUT2D eigenvalue weighted by atomic mass is 16.5. The number of hydrogen-bond acceptors (Lipinski definition) is 4. The van der Waals surface area contributed by atoms with E-state index in [1.54, 1.807) is 6.08 Å². The Kier molecular flexibility index (Phi) is 6.26. The van der Waals surface area contributed by atoms with Crippen LogP contribution in [0, 0.1) is 5.92 Å². The molecule has 1 unspecified atom stereocenters. The maximum atomic E-state index is 14.0. The molecule has 4 nitrogen and oxygen atoms in total. The molecular formula is C34H29NO3. The number of ketones is 1. The minimum Gasteiger partial charge on any atom is -0.460 e. The molecule has 1 saturated heterocycles. The molecule has 0 amide bonds. The Morgan fingerprint density at radius 3 is 2.00 bits per heavy atom. The van der Waals surface area contributed by atoms with Gasteiger partial charge < -0.3 is 4.74 Å². The third kappa shape index (κ3) is 3.72. The lowest BCUT2D eigenvalue weighted by molar-refractivity contribution is -0.153. The summed E-state index contributed by atoms with van der Waals surface area (Å²) in [7, 11) is 0. The van der Waals surface area contributed by atoms with E-state index in [9.17, 15) is 9.59 Å². The van der Waals surface area contributed by atoms with Crippen molar-refractivity contribution < 1.29 is 14.3 Å². The second-order valence-corrected chi connectivity index (χ2v) is 9.93. The molecule has 4 heteroatoms. The van der Waals surface area contributed by atoms with Gasteiger partial charge in [0.2, 0.25) is 0 Å². The van der Waals surface area contributed by atoms with E-state index >= 15 is 0 Å². The van der Waals surface area contributed by atoms with Gasteiger partial charge in [-0.3, -0.25) is 14.5 Å². The van der Waals surface area contributed by atoms with Crippen molar-refractivity contribution in [1.82, 2.24) is 4.90 Å². The third-order valence-electron chi connectivity index (χ3n) is 7.89. The summed E-state index contributed by atoms with van der Waals surface area (Å²) in [5, 5.41) is 0. The first kappa shape index (κ1) is 24.1. The fourth-order valence-electron chi connectivity index (χ4n) is 6.33. The number of ether oxygens (including phenoxy) is 1. The van der Waals surface area contributed by atoms with Crippen LogP contribution in [0.15, 0.2) is 122 Å². The molecule has 4 aromatic rings. The maximum Gasteiger partial charge on any atom is 0.324 e. The number of nitrogens with zero attached hydrogens (tertiary/aromatic N) is 1. The van der Waals surface area contributed by atoms with Gasteiger partial charge in [0.15, 0.2) is 5.78 Å². The van der Waals surface area contributed by atoms with Crippen molar-refractivity contribution in [2.45, 2.75) is 24.6 Å². The highest BCUT2D eigenvalue weighted by molar-refractivity contribution is 5.95. The first-order valence-corrected chi connectivity index (χ1v) is 13.0. The molecule has 188 valence electrons. The van der Waals surface area contributed by atoms with Crippen LogP contribution in [0.1, 0.15) is 28.7 Å². The monoisotopic (exact) mass is 499 g/mol. The molecule has 0 bridgehead atoms. The first-order valence-electron chi connectivity index (χ1n) is 13.0. The van der Waals surface area contributed by atoms with Gasteiger partial charge in [0.05, 0.1) is 12.1 Å². The average molecular weight is 500 g/mol. The molecule has 1 aliphatic carbocycles. The molecule has 0 aromatic heterocycles. The van der Waals surface area contributed by atoms with E-state index in [2.05, 4.69) is 47.9 Å². The molecule has 4 aromatic carbocycles. The normalized spacial score (nSPS) is 19.5. The molecule has 0 N–H and O–H groups in total. The van der Waals surface area contributed by atoms with E-state index < -0.39 is 17.5 Å². The van der Waals surface area contributed by atoms with Crippen LogP contribution < -0.4 is 0 Å². The zero-order valence-electron chi connectivity index (χ0n) is 21.1. The largest absolute Gasteiger partial charge is 0.460 e. The molecule has 1 heterocycles. The Labute approximate surface area is 223 Å². The number of carbonyl (C=O) groups is 2. The summed E-state index contributed by atoms with van der Waals surface area (Å²) in [6, 6.07) is 35.7. The van der Waals surface area contributed by atoms with Crippen molar-refractivity contribution in [2.24, 2.45) is 5.92 Å². The molecule has 2 atom stereocenters.